The Hall–Kier alpha value is -3.48. The Morgan fingerprint density at radius 3 is 2.91 bits per heavy atom. The average molecular weight is 307 g/mol. The van der Waals surface area contributed by atoms with Crippen LogP contribution in [0.1, 0.15) is 15.9 Å². The first kappa shape index (κ1) is 14.5. The van der Waals surface area contributed by atoms with E-state index in [-0.39, 0.29) is 5.91 Å². The standard InChI is InChI=1S/C16H13N5O2/c17-14(22)4-3-10-8-19-15-13(10)6-12(9-20-15)21-16(23)11-2-1-5-18-7-11/h1-9H,(H2,17,22)(H,19,20)(H,21,23). The number of rotatable bonds is 4. The van der Waals surface area contributed by atoms with Crippen molar-refractivity contribution < 1.29 is 9.59 Å². The molecule has 3 heterocycles. The third kappa shape index (κ3) is 3.24. The van der Waals surface area contributed by atoms with E-state index >= 15 is 0 Å². The lowest BCUT2D eigenvalue weighted by molar-refractivity contribution is -0.113. The zero-order chi connectivity index (χ0) is 16.2. The molecule has 23 heavy (non-hydrogen) atoms. The smallest absolute Gasteiger partial charge is 0.257 e. The number of carbonyl (C=O) groups is 2. The van der Waals surface area contributed by atoms with Gasteiger partial charge in [0.05, 0.1) is 17.4 Å². The number of aromatic nitrogens is 3. The number of carbonyl (C=O) groups excluding carboxylic acids is 2. The van der Waals surface area contributed by atoms with Crippen LogP contribution in [0.2, 0.25) is 0 Å². The number of nitrogens with zero attached hydrogens (tertiary/aromatic N) is 2. The van der Waals surface area contributed by atoms with Crippen molar-refractivity contribution in [3.05, 3.63) is 60.2 Å². The van der Waals surface area contributed by atoms with Gasteiger partial charge in [0.15, 0.2) is 0 Å². The van der Waals surface area contributed by atoms with Gasteiger partial charge in [0, 0.05) is 35.6 Å². The van der Waals surface area contributed by atoms with Crippen LogP contribution < -0.4 is 11.1 Å². The molecule has 3 rings (SSSR count). The molecule has 0 aliphatic heterocycles. The fraction of sp³-hybridized carbons (Fsp3) is 0. The van der Waals surface area contributed by atoms with Crippen LogP contribution in [-0.4, -0.2) is 26.8 Å². The fourth-order valence-electron chi connectivity index (χ4n) is 2.10. The molecular weight excluding hydrogens is 294 g/mol. The molecule has 0 radical (unpaired) electrons. The van der Waals surface area contributed by atoms with Gasteiger partial charge in [-0.1, -0.05) is 0 Å². The third-order valence-electron chi connectivity index (χ3n) is 3.17. The first-order valence-corrected chi connectivity index (χ1v) is 6.79. The van der Waals surface area contributed by atoms with E-state index in [0.29, 0.717) is 16.9 Å². The molecule has 4 N–H and O–H groups in total. The van der Waals surface area contributed by atoms with Gasteiger partial charge in [-0.05, 0) is 24.3 Å². The summed E-state index contributed by atoms with van der Waals surface area (Å²) < 4.78 is 0. The topological polar surface area (TPSA) is 114 Å². The number of nitrogens with two attached hydrogens (primary N) is 1. The number of fused-ring (bicyclic) bond motifs is 1. The fourth-order valence-corrected chi connectivity index (χ4v) is 2.10. The SMILES string of the molecule is NC(=O)C=Cc1c[nH]c2ncc(NC(=O)c3cccnc3)cc12. The number of nitrogens with one attached hydrogen (secondary N) is 2. The Kier molecular flexibility index (Phi) is 3.84. The Balaban J connectivity index is 1.89. The Bertz CT molecular complexity index is 899. The minimum atomic E-state index is -0.534. The summed E-state index contributed by atoms with van der Waals surface area (Å²) in [6.07, 6.45) is 9.21. The Morgan fingerprint density at radius 1 is 1.30 bits per heavy atom. The molecule has 0 atom stereocenters. The number of primary amides is 1. The van der Waals surface area contributed by atoms with E-state index in [2.05, 4.69) is 20.3 Å². The van der Waals surface area contributed by atoms with Gasteiger partial charge in [-0.3, -0.25) is 14.6 Å². The van der Waals surface area contributed by atoms with Gasteiger partial charge in [-0.15, -0.1) is 0 Å². The predicted octanol–water partition coefficient (Wildman–Crippen LogP) is 1.71. The number of pyridine rings is 2. The summed E-state index contributed by atoms with van der Waals surface area (Å²) in [5.74, 6) is -0.808. The number of aromatic amines is 1. The summed E-state index contributed by atoms with van der Waals surface area (Å²) >= 11 is 0. The predicted molar refractivity (Wildman–Crippen MR) is 86.5 cm³/mol. The van der Waals surface area contributed by atoms with Crippen LogP contribution in [0.25, 0.3) is 17.1 Å². The van der Waals surface area contributed by atoms with Crippen LogP contribution in [0.3, 0.4) is 0 Å². The molecule has 0 fully saturated rings. The molecule has 0 saturated carbocycles. The molecule has 2 amide bonds. The average Bonchev–Trinajstić information content (AvgIpc) is 2.96. The van der Waals surface area contributed by atoms with Gasteiger partial charge in [-0.2, -0.15) is 0 Å². The lowest BCUT2D eigenvalue weighted by atomic mass is 10.2. The Morgan fingerprint density at radius 2 is 2.17 bits per heavy atom. The summed E-state index contributed by atoms with van der Waals surface area (Å²) in [5.41, 5.74) is 7.49. The zero-order valence-corrected chi connectivity index (χ0v) is 12.0. The molecule has 0 aliphatic carbocycles. The van der Waals surface area contributed by atoms with Gasteiger partial charge in [-0.25, -0.2) is 4.98 Å². The van der Waals surface area contributed by atoms with Crippen LogP contribution in [0.4, 0.5) is 5.69 Å². The van der Waals surface area contributed by atoms with Crippen LogP contribution in [0.15, 0.2) is 49.1 Å². The van der Waals surface area contributed by atoms with Crippen molar-refractivity contribution >= 4 is 34.6 Å². The van der Waals surface area contributed by atoms with Crippen molar-refractivity contribution in [2.75, 3.05) is 5.32 Å². The van der Waals surface area contributed by atoms with Crippen LogP contribution >= 0.6 is 0 Å². The normalized spacial score (nSPS) is 11.0. The molecule has 7 heteroatoms. The van der Waals surface area contributed by atoms with E-state index in [4.69, 9.17) is 5.73 Å². The monoisotopic (exact) mass is 307 g/mol. The highest BCUT2D eigenvalue weighted by Crippen LogP contribution is 2.21. The summed E-state index contributed by atoms with van der Waals surface area (Å²) in [4.78, 5) is 34.1. The van der Waals surface area contributed by atoms with Gasteiger partial charge in [0.25, 0.3) is 5.91 Å². The van der Waals surface area contributed by atoms with E-state index < -0.39 is 5.91 Å². The molecule has 0 bridgehead atoms. The first-order chi connectivity index (χ1) is 11.1. The van der Waals surface area contributed by atoms with Crippen molar-refractivity contribution in [2.45, 2.75) is 0 Å². The van der Waals surface area contributed by atoms with Gasteiger partial charge in [0.2, 0.25) is 5.91 Å². The lowest BCUT2D eigenvalue weighted by Crippen LogP contribution is -2.12. The van der Waals surface area contributed by atoms with Crippen molar-refractivity contribution in [1.82, 2.24) is 15.0 Å². The van der Waals surface area contributed by atoms with Gasteiger partial charge in [0.1, 0.15) is 5.65 Å². The Labute approximate surface area is 131 Å². The van der Waals surface area contributed by atoms with Crippen molar-refractivity contribution in [1.29, 1.82) is 0 Å². The molecule has 0 spiro atoms. The molecule has 114 valence electrons. The zero-order valence-electron chi connectivity index (χ0n) is 12.0. The maximum absolute atomic E-state index is 12.1. The maximum Gasteiger partial charge on any atom is 0.257 e. The minimum Gasteiger partial charge on any atom is -0.366 e. The number of amides is 2. The molecule has 0 saturated heterocycles. The molecule has 3 aromatic heterocycles. The maximum atomic E-state index is 12.1. The van der Waals surface area contributed by atoms with Crippen LogP contribution in [0, 0.1) is 0 Å². The van der Waals surface area contributed by atoms with E-state index in [0.717, 1.165) is 10.9 Å². The summed E-state index contributed by atoms with van der Waals surface area (Å²) in [5, 5.41) is 3.53. The highest BCUT2D eigenvalue weighted by Gasteiger charge is 2.08. The van der Waals surface area contributed by atoms with E-state index in [1.165, 1.54) is 12.3 Å². The van der Waals surface area contributed by atoms with E-state index in [9.17, 15) is 9.59 Å². The number of H-pyrrole nitrogens is 1. The summed E-state index contributed by atoms with van der Waals surface area (Å²) in [6, 6.07) is 5.13. The minimum absolute atomic E-state index is 0.274. The first-order valence-electron chi connectivity index (χ1n) is 6.79. The second-order valence-electron chi connectivity index (χ2n) is 4.80. The summed E-state index contributed by atoms with van der Waals surface area (Å²) in [7, 11) is 0. The second-order valence-corrected chi connectivity index (χ2v) is 4.80. The molecular formula is C16H13N5O2. The van der Waals surface area contributed by atoms with E-state index in [1.807, 2.05) is 0 Å². The van der Waals surface area contributed by atoms with Crippen molar-refractivity contribution in [3.8, 4) is 0 Å². The number of anilines is 1. The van der Waals surface area contributed by atoms with Gasteiger partial charge >= 0.3 is 0 Å². The largest absolute Gasteiger partial charge is 0.366 e. The molecule has 0 aliphatic rings. The molecule has 0 unspecified atom stereocenters. The number of hydrogen-bond donors (Lipinski definition) is 3. The van der Waals surface area contributed by atoms with Crippen molar-refractivity contribution in [2.24, 2.45) is 5.73 Å². The molecule has 3 aromatic rings. The quantitative estimate of drug-likeness (QED) is 0.636. The number of hydrogen-bond acceptors (Lipinski definition) is 4. The van der Waals surface area contributed by atoms with E-state index in [1.54, 1.807) is 42.9 Å². The lowest BCUT2D eigenvalue weighted by Gasteiger charge is -2.04. The highest BCUT2D eigenvalue weighted by molar-refractivity contribution is 6.05. The highest BCUT2D eigenvalue weighted by atomic mass is 16.2. The van der Waals surface area contributed by atoms with Gasteiger partial charge < -0.3 is 16.0 Å². The van der Waals surface area contributed by atoms with Crippen LogP contribution in [0.5, 0.6) is 0 Å². The molecule has 0 aromatic carbocycles. The second kappa shape index (κ2) is 6.10. The van der Waals surface area contributed by atoms with Crippen molar-refractivity contribution in [3.63, 3.8) is 0 Å². The summed E-state index contributed by atoms with van der Waals surface area (Å²) in [6.45, 7) is 0. The third-order valence-corrected chi connectivity index (χ3v) is 3.17. The van der Waals surface area contributed by atoms with Crippen LogP contribution in [-0.2, 0) is 4.79 Å². The molecule has 7 nitrogen and oxygen atoms in total.